The van der Waals surface area contributed by atoms with Crippen molar-refractivity contribution in [3.63, 3.8) is 0 Å². The third-order valence-corrected chi connectivity index (χ3v) is 3.26. The first-order chi connectivity index (χ1) is 7.66. The first-order valence-corrected chi connectivity index (χ1v) is 6.56. The van der Waals surface area contributed by atoms with Crippen LogP contribution in [0, 0.1) is 0 Å². The molecule has 1 aromatic rings. The summed E-state index contributed by atoms with van der Waals surface area (Å²) in [5.41, 5.74) is -0.146. The van der Waals surface area contributed by atoms with Crippen molar-refractivity contribution in [3.05, 3.63) is 10.5 Å². The number of nitrogens with zero attached hydrogens (tertiary/aromatic N) is 2. The Bertz CT molecular complexity index is 359. The fourth-order valence-corrected chi connectivity index (χ4v) is 2.48. The fourth-order valence-electron chi connectivity index (χ4n) is 1.40. The lowest BCUT2D eigenvalue weighted by atomic mass is 10.3. The number of aliphatic hydroxyl groups is 1. The largest absolute Gasteiger partial charge is 0.396 e. The molecule has 0 aromatic carbocycles. The Kier molecular flexibility index (Phi) is 5.62. The molecule has 0 saturated heterocycles. The Morgan fingerprint density at radius 3 is 2.81 bits per heavy atom. The van der Waals surface area contributed by atoms with Crippen molar-refractivity contribution in [2.75, 3.05) is 12.4 Å². The van der Waals surface area contributed by atoms with E-state index in [4.69, 9.17) is 5.11 Å². The van der Waals surface area contributed by atoms with Crippen LogP contribution in [0.2, 0.25) is 0 Å². The average Bonchev–Trinajstić information content (AvgIpc) is 2.59. The van der Waals surface area contributed by atoms with E-state index in [1.54, 1.807) is 16.3 Å². The summed E-state index contributed by atoms with van der Waals surface area (Å²) >= 11 is 1.59. The average molecular weight is 245 g/mol. The quantitative estimate of drug-likeness (QED) is 0.563. The molecule has 0 radical (unpaired) electrons. The van der Waals surface area contributed by atoms with Gasteiger partial charge in [0.25, 0.3) is 0 Å². The number of nitrogens with one attached hydrogen (secondary N) is 1. The van der Waals surface area contributed by atoms with Gasteiger partial charge in [-0.25, -0.2) is 9.89 Å². The smallest absolute Gasteiger partial charge is 0.344 e. The molecule has 0 aliphatic heterocycles. The van der Waals surface area contributed by atoms with Gasteiger partial charge in [-0.3, -0.25) is 4.57 Å². The number of aliphatic hydroxyl groups excluding tert-OH is 1. The molecule has 16 heavy (non-hydrogen) atoms. The normalized spacial score (nSPS) is 11.2. The molecular weight excluding hydrogens is 226 g/mol. The van der Waals surface area contributed by atoms with E-state index >= 15 is 0 Å². The zero-order valence-corrected chi connectivity index (χ0v) is 10.6. The van der Waals surface area contributed by atoms with Crippen molar-refractivity contribution in [2.24, 2.45) is 0 Å². The summed E-state index contributed by atoms with van der Waals surface area (Å²) in [6.07, 6.45) is 2.89. The van der Waals surface area contributed by atoms with Crippen molar-refractivity contribution < 1.29 is 5.11 Å². The monoisotopic (exact) mass is 245 g/mol. The number of hydrogen-bond acceptors (Lipinski definition) is 4. The van der Waals surface area contributed by atoms with E-state index in [-0.39, 0.29) is 18.3 Å². The van der Waals surface area contributed by atoms with Gasteiger partial charge in [-0.2, -0.15) is 0 Å². The minimum atomic E-state index is -0.146. The van der Waals surface area contributed by atoms with Crippen molar-refractivity contribution in [2.45, 2.75) is 44.3 Å². The Morgan fingerprint density at radius 1 is 1.44 bits per heavy atom. The molecule has 0 aliphatic rings. The van der Waals surface area contributed by atoms with Crippen LogP contribution in [0.1, 0.15) is 39.2 Å². The van der Waals surface area contributed by atoms with E-state index in [0.717, 1.165) is 30.2 Å². The second-order valence-electron chi connectivity index (χ2n) is 3.91. The second kappa shape index (κ2) is 6.75. The third-order valence-electron chi connectivity index (χ3n) is 2.22. The number of aromatic amines is 1. The molecule has 92 valence electrons. The van der Waals surface area contributed by atoms with Gasteiger partial charge in [0, 0.05) is 18.4 Å². The molecule has 0 aliphatic carbocycles. The van der Waals surface area contributed by atoms with E-state index in [9.17, 15) is 4.79 Å². The van der Waals surface area contributed by atoms with E-state index in [1.807, 2.05) is 13.8 Å². The highest BCUT2D eigenvalue weighted by molar-refractivity contribution is 7.99. The van der Waals surface area contributed by atoms with E-state index in [2.05, 4.69) is 10.2 Å². The number of thioether (sulfide) groups is 1. The zero-order chi connectivity index (χ0) is 12.0. The summed E-state index contributed by atoms with van der Waals surface area (Å²) in [7, 11) is 0. The molecule has 0 fully saturated rings. The number of unbranched alkanes of at least 4 members (excludes halogenated alkanes) is 2. The van der Waals surface area contributed by atoms with E-state index in [1.165, 1.54) is 0 Å². The van der Waals surface area contributed by atoms with E-state index in [0.29, 0.717) is 0 Å². The Morgan fingerprint density at radius 2 is 2.19 bits per heavy atom. The lowest BCUT2D eigenvalue weighted by Crippen LogP contribution is -2.19. The standard InChI is InChI=1S/C10H19N3O2S/c1-8(2)13-9(15)11-12-10(13)16-7-5-3-4-6-14/h8,14H,3-7H2,1-2H3,(H,11,15). The van der Waals surface area contributed by atoms with Crippen molar-refractivity contribution in [1.29, 1.82) is 0 Å². The van der Waals surface area contributed by atoms with Crippen LogP contribution in [0.25, 0.3) is 0 Å². The molecule has 1 rings (SSSR count). The second-order valence-corrected chi connectivity index (χ2v) is 4.97. The predicted molar refractivity (Wildman–Crippen MR) is 64.9 cm³/mol. The lowest BCUT2D eigenvalue weighted by Gasteiger charge is -2.07. The van der Waals surface area contributed by atoms with Crippen molar-refractivity contribution in [3.8, 4) is 0 Å². The maximum atomic E-state index is 11.4. The molecule has 0 unspecified atom stereocenters. The van der Waals surface area contributed by atoms with Gasteiger partial charge >= 0.3 is 5.69 Å². The molecule has 0 saturated carbocycles. The first kappa shape index (κ1) is 13.3. The third kappa shape index (κ3) is 3.68. The van der Waals surface area contributed by atoms with Crippen LogP contribution >= 0.6 is 11.8 Å². The van der Waals surface area contributed by atoms with Crippen molar-refractivity contribution >= 4 is 11.8 Å². The van der Waals surface area contributed by atoms with Gasteiger partial charge in [-0.15, -0.1) is 5.10 Å². The zero-order valence-electron chi connectivity index (χ0n) is 9.77. The van der Waals surface area contributed by atoms with Gasteiger partial charge in [0.2, 0.25) is 0 Å². The highest BCUT2D eigenvalue weighted by Crippen LogP contribution is 2.18. The Balaban J connectivity index is 2.45. The van der Waals surface area contributed by atoms with Crippen LogP contribution in [0.5, 0.6) is 0 Å². The Hall–Kier alpha value is -0.750. The molecule has 0 atom stereocenters. The summed E-state index contributed by atoms with van der Waals surface area (Å²) in [5.74, 6) is 0.928. The van der Waals surface area contributed by atoms with Gasteiger partial charge in [-0.1, -0.05) is 18.2 Å². The molecule has 2 N–H and O–H groups in total. The molecule has 0 bridgehead atoms. The number of aromatic nitrogens is 3. The minimum absolute atomic E-state index is 0.131. The number of hydrogen-bond donors (Lipinski definition) is 2. The van der Waals surface area contributed by atoms with Gasteiger partial charge in [-0.05, 0) is 26.7 Å². The SMILES string of the molecule is CC(C)n1c(SCCCCCO)n[nH]c1=O. The van der Waals surface area contributed by atoms with Gasteiger partial charge < -0.3 is 5.11 Å². The lowest BCUT2D eigenvalue weighted by molar-refractivity contribution is 0.284. The van der Waals surface area contributed by atoms with Crippen LogP contribution in [0.4, 0.5) is 0 Å². The van der Waals surface area contributed by atoms with Crippen LogP contribution < -0.4 is 5.69 Å². The van der Waals surface area contributed by atoms with E-state index < -0.39 is 0 Å². The number of rotatable bonds is 7. The molecule has 1 heterocycles. The van der Waals surface area contributed by atoms with Crippen LogP contribution in [-0.2, 0) is 0 Å². The first-order valence-electron chi connectivity index (χ1n) is 5.57. The topological polar surface area (TPSA) is 70.9 Å². The molecular formula is C10H19N3O2S. The summed E-state index contributed by atoms with van der Waals surface area (Å²) in [4.78, 5) is 11.4. The predicted octanol–water partition coefficient (Wildman–Crippen LogP) is 1.41. The van der Waals surface area contributed by atoms with Crippen molar-refractivity contribution in [1.82, 2.24) is 14.8 Å². The fraction of sp³-hybridized carbons (Fsp3) is 0.800. The minimum Gasteiger partial charge on any atom is -0.396 e. The molecule has 1 aromatic heterocycles. The van der Waals surface area contributed by atoms with Gasteiger partial charge in [0.1, 0.15) is 0 Å². The molecule has 0 amide bonds. The highest BCUT2D eigenvalue weighted by Gasteiger charge is 2.10. The van der Waals surface area contributed by atoms with Crippen LogP contribution in [0.3, 0.4) is 0 Å². The van der Waals surface area contributed by atoms with Gasteiger partial charge in [0.15, 0.2) is 5.16 Å². The molecule has 5 nitrogen and oxygen atoms in total. The summed E-state index contributed by atoms with van der Waals surface area (Å²) in [6, 6.07) is 0.131. The maximum Gasteiger partial charge on any atom is 0.344 e. The highest BCUT2D eigenvalue weighted by atomic mass is 32.2. The molecule has 0 spiro atoms. The van der Waals surface area contributed by atoms with Gasteiger partial charge in [0.05, 0.1) is 0 Å². The summed E-state index contributed by atoms with van der Waals surface area (Å²) in [5, 5.41) is 15.8. The van der Waals surface area contributed by atoms with Crippen LogP contribution in [0.15, 0.2) is 9.95 Å². The maximum absolute atomic E-state index is 11.4. The summed E-state index contributed by atoms with van der Waals surface area (Å²) in [6.45, 7) is 4.18. The Labute approximate surface area is 99.3 Å². The number of H-pyrrole nitrogens is 1. The summed E-state index contributed by atoms with van der Waals surface area (Å²) < 4.78 is 1.66. The molecule has 6 heteroatoms. The van der Waals surface area contributed by atoms with Crippen LogP contribution in [-0.4, -0.2) is 32.2 Å².